The number of benzene rings is 1. The van der Waals surface area contributed by atoms with E-state index >= 15 is 0 Å². The number of nitrogens with zero attached hydrogens (tertiary/aromatic N) is 2. The molecule has 0 unspecified atom stereocenters. The Bertz CT molecular complexity index is 1220. The highest BCUT2D eigenvalue weighted by Gasteiger charge is 2.44. The van der Waals surface area contributed by atoms with Gasteiger partial charge in [-0.2, -0.15) is 0 Å². The molecule has 33 heavy (non-hydrogen) atoms. The largest absolute Gasteiger partial charge is 0.503 e. The fourth-order valence-corrected chi connectivity index (χ4v) is 4.54. The molecular weight excluding hydrogens is 443 g/mol. The van der Waals surface area contributed by atoms with Crippen molar-refractivity contribution in [2.75, 3.05) is 6.54 Å². The maximum atomic E-state index is 13.9. The first-order valence-electron chi connectivity index (χ1n) is 10.4. The average Bonchev–Trinajstić information content (AvgIpc) is 2.75. The quantitative estimate of drug-likeness (QED) is 0.722. The van der Waals surface area contributed by atoms with Gasteiger partial charge >= 0.3 is 0 Å². The van der Waals surface area contributed by atoms with E-state index in [9.17, 15) is 37.5 Å². The predicted molar refractivity (Wildman–Crippen MR) is 108 cm³/mol. The molecule has 0 bridgehead atoms. The van der Waals surface area contributed by atoms with Crippen molar-refractivity contribution >= 4 is 17.6 Å². The SMILES string of the molecule is CCN1C(=O)c2c(O)c(=O)c(C(=O)NCc3c(F)cc(F)cc3F)cn2[C@H]2CCC(=O)C[C@H]21. The second kappa shape index (κ2) is 8.38. The molecule has 1 fully saturated rings. The van der Waals surface area contributed by atoms with Crippen LogP contribution >= 0.6 is 0 Å². The first-order chi connectivity index (χ1) is 15.6. The maximum absolute atomic E-state index is 13.9. The van der Waals surface area contributed by atoms with Crippen LogP contribution in [0.25, 0.3) is 0 Å². The van der Waals surface area contributed by atoms with Gasteiger partial charge in [-0.05, 0) is 13.3 Å². The third-order valence-corrected chi connectivity index (χ3v) is 6.15. The lowest BCUT2D eigenvalue weighted by Crippen LogP contribution is -2.54. The second-order valence-corrected chi connectivity index (χ2v) is 8.01. The summed E-state index contributed by atoms with van der Waals surface area (Å²) >= 11 is 0. The first kappa shape index (κ1) is 22.6. The summed E-state index contributed by atoms with van der Waals surface area (Å²) in [6, 6.07) is -0.0172. The lowest BCUT2D eigenvalue weighted by atomic mass is 9.85. The Kier molecular flexibility index (Phi) is 5.73. The lowest BCUT2D eigenvalue weighted by Gasteiger charge is -2.45. The van der Waals surface area contributed by atoms with Crippen LogP contribution in [0, 0.1) is 17.5 Å². The lowest BCUT2D eigenvalue weighted by molar-refractivity contribution is -0.122. The van der Waals surface area contributed by atoms with Gasteiger partial charge in [0, 0.05) is 49.8 Å². The minimum atomic E-state index is -1.21. The molecule has 1 aliphatic heterocycles. The molecule has 1 aromatic carbocycles. The average molecular weight is 463 g/mol. The van der Waals surface area contributed by atoms with Gasteiger partial charge in [0.05, 0.1) is 12.1 Å². The summed E-state index contributed by atoms with van der Waals surface area (Å²) in [5.41, 5.74) is -2.53. The number of pyridine rings is 1. The smallest absolute Gasteiger partial charge is 0.274 e. The number of nitrogens with one attached hydrogen (secondary N) is 1. The highest BCUT2D eigenvalue weighted by molar-refractivity contribution is 5.99. The number of carbonyl (C=O) groups excluding carboxylic acids is 3. The Balaban J connectivity index is 1.71. The zero-order chi connectivity index (χ0) is 24.0. The van der Waals surface area contributed by atoms with E-state index in [0.717, 1.165) is 6.20 Å². The number of fused-ring (bicyclic) bond motifs is 3. The van der Waals surface area contributed by atoms with E-state index < -0.39 is 70.2 Å². The molecule has 2 N–H and O–H groups in total. The number of hydrogen-bond donors (Lipinski definition) is 2. The van der Waals surface area contributed by atoms with Gasteiger partial charge in [-0.3, -0.25) is 19.2 Å². The summed E-state index contributed by atoms with van der Waals surface area (Å²) in [5.74, 6) is -6.15. The molecule has 8 nitrogen and oxygen atoms in total. The van der Waals surface area contributed by atoms with Crippen molar-refractivity contribution < 1.29 is 32.7 Å². The van der Waals surface area contributed by atoms with E-state index in [-0.39, 0.29) is 30.9 Å². The normalized spacial score (nSPS) is 19.8. The molecule has 1 aromatic heterocycles. The first-order valence-corrected chi connectivity index (χ1v) is 10.4. The fraction of sp³-hybridized carbons (Fsp3) is 0.364. The van der Waals surface area contributed by atoms with E-state index in [0.29, 0.717) is 18.6 Å². The fourth-order valence-electron chi connectivity index (χ4n) is 4.54. The van der Waals surface area contributed by atoms with Gasteiger partial charge in [0.15, 0.2) is 11.4 Å². The van der Waals surface area contributed by atoms with E-state index in [1.165, 1.54) is 9.47 Å². The standard InChI is InChI=1S/C22H20F3N3O5/c1-2-27-17-7-11(29)3-4-16(17)28-9-13(19(30)20(31)18(28)22(27)33)21(32)26-8-12-14(24)5-10(23)6-15(12)25/h5-6,9,16-17,31H,2-4,7-8H2,1H3,(H,26,32)/t16-,17+/m0/s1. The number of rotatable bonds is 4. The van der Waals surface area contributed by atoms with Crippen molar-refractivity contribution in [3.05, 3.63) is 62.8 Å². The van der Waals surface area contributed by atoms with E-state index in [4.69, 9.17) is 0 Å². The summed E-state index contributed by atoms with van der Waals surface area (Å²) in [5, 5.41) is 12.7. The van der Waals surface area contributed by atoms with Crippen molar-refractivity contribution in [2.45, 2.75) is 44.8 Å². The molecule has 2 aromatic rings. The Morgan fingerprint density at radius 1 is 1.15 bits per heavy atom. The minimum absolute atomic E-state index is 0.0162. The summed E-state index contributed by atoms with van der Waals surface area (Å²) in [4.78, 5) is 51.7. The van der Waals surface area contributed by atoms with Gasteiger partial charge in [-0.1, -0.05) is 0 Å². The van der Waals surface area contributed by atoms with Crippen molar-refractivity contribution in [2.24, 2.45) is 0 Å². The molecule has 1 saturated carbocycles. The third-order valence-electron chi connectivity index (χ3n) is 6.15. The maximum Gasteiger partial charge on any atom is 0.274 e. The van der Waals surface area contributed by atoms with Gasteiger partial charge in [-0.25, -0.2) is 13.2 Å². The number of aromatic hydroxyl groups is 1. The monoisotopic (exact) mass is 463 g/mol. The molecule has 2 amide bonds. The van der Waals surface area contributed by atoms with Crippen molar-refractivity contribution in [1.29, 1.82) is 0 Å². The van der Waals surface area contributed by atoms with Crippen molar-refractivity contribution in [3.63, 3.8) is 0 Å². The molecular formula is C22H20F3N3O5. The van der Waals surface area contributed by atoms with Crippen molar-refractivity contribution in [3.8, 4) is 5.75 Å². The van der Waals surface area contributed by atoms with Crippen LogP contribution in [0.3, 0.4) is 0 Å². The van der Waals surface area contributed by atoms with Gasteiger partial charge in [-0.15, -0.1) is 0 Å². The Morgan fingerprint density at radius 3 is 2.45 bits per heavy atom. The molecule has 174 valence electrons. The summed E-state index contributed by atoms with van der Waals surface area (Å²) < 4.78 is 42.1. The number of aromatic nitrogens is 1. The second-order valence-electron chi connectivity index (χ2n) is 8.01. The highest BCUT2D eigenvalue weighted by Crippen LogP contribution is 2.38. The summed E-state index contributed by atoms with van der Waals surface area (Å²) in [6.07, 6.45) is 1.82. The number of halogens is 3. The van der Waals surface area contributed by atoms with Crippen LogP contribution in [0.1, 0.15) is 58.6 Å². The molecule has 0 saturated heterocycles. The molecule has 11 heteroatoms. The van der Waals surface area contributed by atoms with E-state index in [1.807, 2.05) is 0 Å². The van der Waals surface area contributed by atoms with E-state index in [2.05, 4.69) is 5.32 Å². The number of carbonyl (C=O) groups is 3. The number of hydrogen-bond acceptors (Lipinski definition) is 5. The third kappa shape index (κ3) is 3.77. The number of likely N-dealkylation sites (N-methyl/N-ethyl adjacent to an activating group) is 1. The number of ketones is 1. The predicted octanol–water partition coefficient (Wildman–Crippen LogP) is 2.04. The Hall–Kier alpha value is -3.63. The Morgan fingerprint density at radius 2 is 1.82 bits per heavy atom. The molecule has 4 rings (SSSR count). The number of amides is 2. The highest BCUT2D eigenvalue weighted by atomic mass is 19.1. The molecule has 0 spiro atoms. The zero-order valence-corrected chi connectivity index (χ0v) is 17.5. The molecule has 1 aliphatic carbocycles. The summed E-state index contributed by atoms with van der Waals surface area (Å²) in [7, 11) is 0. The Labute approximate surface area is 185 Å². The van der Waals surface area contributed by atoms with Crippen LogP contribution in [0.4, 0.5) is 13.2 Å². The van der Waals surface area contributed by atoms with Crippen LogP contribution in [-0.2, 0) is 11.3 Å². The van der Waals surface area contributed by atoms with Gasteiger partial charge in [0.1, 0.15) is 28.8 Å². The molecule has 2 atom stereocenters. The van der Waals surface area contributed by atoms with Crippen LogP contribution in [0.15, 0.2) is 23.1 Å². The van der Waals surface area contributed by atoms with Crippen LogP contribution in [-0.4, -0.2) is 44.8 Å². The topological polar surface area (TPSA) is 109 Å². The van der Waals surface area contributed by atoms with Gasteiger partial charge in [0.2, 0.25) is 5.43 Å². The molecule has 0 radical (unpaired) electrons. The van der Waals surface area contributed by atoms with Crippen LogP contribution in [0.2, 0.25) is 0 Å². The van der Waals surface area contributed by atoms with Gasteiger partial charge < -0.3 is 19.9 Å². The van der Waals surface area contributed by atoms with Crippen molar-refractivity contribution in [1.82, 2.24) is 14.8 Å². The van der Waals surface area contributed by atoms with E-state index in [1.54, 1.807) is 6.92 Å². The number of Topliss-reactive ketones (excluding diaryl/α,β-unsaturated/α-hetero) is 1. The minimum Gasteiger partial charge on any atom is -0.503 e. The molecule has 2 aliphatic rings. The van der Waals surface area contributed by atoms with Crippen LogP contribution in [0.5, 0.6) is 5.75 Å². The molecule has 2 heterocycles. The van der Waals surface area contributed by atoms with Gasteiger partial charge in [0.25, 0.3) is 11.8 Å². The summed E-state index contributed by atoms with van der Waals surface area (Å²) in [6.45, 7) is 1.30. The zero-order valence-electron chi connectivity index (χ0n) is 17.5. The van der Waals surface area contributed by atoms with Crippen LogP contribution < -0.4 is 10.7 Å².